The van der Waals surface area contributed by atoms with E-state index in [9.17, 15) is 9.59 Å². The van der Waals surface area contributed by atoms with Crippen LogP contribution in [0.25, 0.3) is 0 Å². The maximum absolute atomic E-state index is 11.7. The monoisotopic (exact) mass is 354 g/mol. The number of aromatic carboxylic acids is 1. The Hall–Kier alpha value is -2.42. The second kappa shape index (κ2) is 6.35. The summed E-state index contributed by atoms with van der Waals surface area (Å²) < 4.78 is 5.34. The van der Waals surface area contributed by atoms with Gasteiger partial charge >= 0.3 is 12.0 Å². The number of carbonyl (C=O) groups excluding carboxylic acids is 1. The van der Waals surface area contributed by atoms with E-state index in [-0.39, 0.29) is 12.1 Å². The summed E-state index contributed by atoms with van der Waals surface area (Å²) in [7, 11) is 0. The smallest absolute Gasteiger partial charge is 0.335 e. The van der Waals surface area contributed by atoms with E-state index in [1.54, 1.807) is 13.0 Å². The molecule has 110 valence electrons. The predicted octanol–water partition coefficient (Wildman–Crippen LogP) is 2.16. The molecule has 2 rings (SSSR count). The van der Waals surface area contributed by atoms with Gasteiger partial charge in [0.25, 0.3) is 0 Å². The maximum Gasteiger partial charge on any atom is 0.335 e. The molecule has 0 aliphatic rings. The summed E-state index contributed by atoms with van der Waals surface area (Å²) in [5.41, 5.74) is 0.416. The number of rotatable bonds is 4. The largest absolute Gasteiger partial charge is 0.478 e. The maximum atomic E-state index is 11.7. The number of benzene rings is 1. The standard InChI is InChI=1S/C12H11BrN4O4/c1-6-15-10(17-21-6)5-14-12(20)16-9-4-7(11(18)19)2-3-8(9)13/h2-4H,5H2,1H3,(H,18,19)(H2,14,16,20). The van der Waals surface area contributed by atoms with Crippen molar-refractivity contribution in [2.45, 2.75) is 13.5 Å². The molecule has 0 saturated carbocycles. The van der Waals surface area contributed by atoms with Crippen LogP contribution in [-0.4, -0.2) is 27.2 Å². The Bertz CT molecular complexity index is 686. The van der Waals surface area contributed by atoms with Crippen LogP contribution in [0, 0.1) is 6.92 Å². The van der Waals surface area contributed by atoms with Gasteiger partial charge in [-0.15, -0.1) is 0 Å². The molecule has 1 aromatic heterocycles. The highest BCUT2D eigenvalue weighted by Crippen LogP contribution is 2.23. The zero-order valence-electron chi connectivity index (χ0n) is 10.9. The zero-order valence-corrected chi connectivity index (χ0v) is 12.5. The molecule has 1 heterocycles. The fourth-order valence-electron chi connectivity index (χ4n) is 1.49. The van der Waals surface area contributed by atoms with E-state index < -0.39 is 12.0 Å². The lowest BCUT2D eigenvalue weighted by Gasteiger charge is -2.08. The van der Waals surface area contributed by atoms with Crippen LogP contribution < -0.4 is 10.6 Å². The van der Waals surface area contributed by atoms with Crippen LogP contribution in [0.2, 0.25) is 0 Å². The van der Waals surface area contributed by atoms with E-state index in [1.807, 2.05) is 0 Å². The second-order valence-electron chi connectivity index (χ2n) is 4.04. The number of carboxylic acid groups (broad SMARTS) is 1. The van der Waals surface area contributed by atoms with Gasteiger partial charge in [0.15, 0.2) is 5.82 Å². The van der Waals surface area contributed by atoms with E-state index in [4.69, 9.17) is 9.63 Å². The van der Waals surface area contributed by atoms with Crippen molar-refractivity contribution in [3.63, 3.8) is 0 Å². The van der Waals surface area contributed by atoms with Crippen molar-refractivity contribution >= 4 is 33.6 Å². The summed E-state index contributed by atoms with van der Waals surface area (Å²) >= 11 is 3.23. The molecular weight excluding hydrogens is 344 g/mol. The van der Waals surface area contributed by atoms with Crippen molar-refractivity contribution in [3.05, 3.63) is 40.0 Å². The average molecular weight is 355 g/mol. The van der Waals surface area contributed by atoms with Crippen molar-refractivity contribution in [3.8, 4) is 0 Å². The fraction of sp³-hybridized carbons (Fsp3) is 0.167. The molecule has 2 amide bonds. The van der Waals surface area contributed by atoms with Crippen LogP contribution in [0.5, 0.6) is 0 Å². The van der Waals surface area contributed by atoms with Crippen LogP contribution in [0.3, 0.4) is 0 Å². The Morgan fingerprint density at radius 3 is 2.81 bits per heavy atom. The van der Waals surface area contributed by atoms with Gasteiger partial charge in [-0.25, -0.2) is 9.59 Å². The van der Waals surface area contributed by atoms with Gasteiger partial charge in [0.05, 0.1) is 17.8 Å². The van der Waals surface area contributed by atoms with Gasteiger partial charge < -0.3 is 20.3 Å². The van der Waals surface area contributed by atoms with Crippen molar-refractivity contribution in [2.24, 2.45) is 0 Å². The fourth-order valence-corrected chi connectivity index (χ4v) is 1.84. The molecule has 0 fully saturated rings. The number of nitrogens with zero attached hydrogens (tertiary/aromatic N) is 2. The number of hydrogen-bond acceptors (Lipinski definition) is 5. The van der Waals surface area contributed by atoms with Crippen LogP contribution in [0.1, 0.15) is 22.1 Å². The number of amides is 2. The molecule has 9 heteroatoms. The van der Waals surface area contributed by atoms with Crippen LogP contribution in [0.4, 0.5) is 10.5 Å². The number of carbonyl (C=O) groups is 2. The number of hydrogen-bond donors (Lipinski definition) is 3. The van der Waals surface area contributed by atoms with Gasteiger partial charge in [-0.1, -0.05) is 5.16 Å². The molecule has 0 aliphatic heterocycles. The Kier molecular flexibility index (Phi) is 4.53. The Morgan fingerprint density at radius 2 is 2.19 bits per heavy atom. The number of nitrogens with one attached hydrogen (secondary N) is 2. The average Bonchev–Trinajstić information content (AvgIpc) is 2.84. The summed E-state index contributed by atoms with van der Waals surface area (Å²) in [4.78, 5) is 26.6. The highest BCUT2D eigenvalue weighted by Gasteiger charge is 2.10. The van der Waals surface area contributed by atoms with Crippen LogP contribution >= 0.6 is 15.9 Å². The van der Waals surface area contributed by atoms with Crippen LogP contribution in [-0.2, 0) is 6.54 Å². The third-order valence-corrected chi connectivity index (χ3v) is 3.13. The van der Waals surface area contributed by atoms with Gasteiger partial charge in [0.2, 0.25) is 5.89 Å². The van der Waals surface area contributed by atoms with E-state index >= 15 is 0 Å². The SMILES string of the molecule is Cc1nc(CNC(=O)Nc2cc(C(=O)O)ccc2Br)no1. The Labute approximate surface area is 127 Å². The zero-order chi connectivity index (χ0) is 15.4. The topological polar surface area (TPSA) is 117 Å². The molecular formula is C12H11BrN4O4. The molecule has 8 nitrogen and oxygen atoms in total. The molecule has 0 radical (unpaired) electrons. The highest BCUT2D eigenvalue weighted by molar-refractivity contribution is 9.10. The predicted molar refractivity (Wildman–Crippen MR) is 76.0 cm³/mol. The number of carboxylic acids is 1. The second-order valence-corrected chi connectivity index (χ2v) is 4.89. The summed E-state index contributed by atoms with van der Waals surface area (Å²) in [6, 6.07) is 3.81. The third kappa shape index (κ3) is 4.02. The Balaban J connectivity index is 1.99. The molecule has 1 aromatic carbocycles. The van der Waals surface area contributed by atoms with Gasteiger partial charge in [0.1, 0.15) is 0 Å². The molecule has 2 aromatic rings. The van der Waals surface area contributed by atoms with E-state index in [0.717, 1.165) is 0 Å². The van der Waals surface area contributed by atoms with Crippen molar-refractivity contribution in [2.75, 3.05) is 5.32 Å². The molecule has 0 atom stereocenters. The lowest BCUT2D eigenvalue weighted by molar-refractivity contribution is 0.0697. The lowest BCUT2D eigenvalue weighted by atomic mass is 10.2. The molecule has 21 heavy (non-hydrogen) atoms. The van der Waals surface area contributed by atoms with Gasteiger partial charge in [-0.3, -0.25) is 0 Å². The minimum Gasteiger partial charge on any atom is -0.478 e. The molecule has 0 spiro atoms. The Morgan fingerprint density at radius 1 is 1.43 bits per heavy atom. The van der Waals surface area contributed by atoms with Crippen molar-refractivity contribution < 1.29 is 19.2 Å². The van der Waals surface area contributed by atoms with Gasteiger partial charge in [-0.2, -0.15) is 4.98 Å². The van der Waals surface area contributed by atoms with E-state index in [1.165, 1.54) is 12.1 Å². The molecule has 0 aliphatic carbocycles. The summed E-state index contributed by atoms with van der Waals surface area (Å²) in [6.45, 7) is 1.74. The molecule has 3 N–H and O–H groups in total. The number of anilines is 1. The first-order valence-corrected chi connectivity index (χ1v) is 6.62. The summed E-state index contributed by atoms with van der Waals surface area (Å²) in [6.07, 6.45) is 0. The summed E-state index contributed by atoms with van der Waals surface area (Å²) in [5, 5.41) is 17.6. The first-order valence-electron chi connectivity index (χ1n) is 5.82. The van der Waals surface area contributed by atoms with Gasteiger partial charge in [0, 0.05) is 11.4 Å². The molecule has 0 bridgehead atoms. The number of aryl methyl sites for hydroxylation is 1. The third-order valence-electron chi connectivity index (χ3n) is 2.44. The van der Waals surface area contributed by atoms with Crippen molar-refractivity contribution in [1.82, 2.24) is 15.5 Å². The normalized spacial score (nSPS) is 10.2. The number of halogens is 1. The minimum absolute atomic E-state index is 0.0716. The first-order chi connectivity index (χ1) is 9.95. The quantitative estimate of drug-likeness (QED) is 0.774. The van der Waals surface area contributed by atoms with E-state index in [0.29, 0.717) is 21.9 Å². The summed E-state index contributed by atoms with van der Waals surface area (Å²) in [5.74, 6) is -0.321. The minimum atomic E-state index is -1.08. The number of urea groups is 1. The first kappa shape index (κ1) is 15.0. The number of aromatic nitrogens is 2. The molecule has 0 saturated heterocycles. The van der Waals surface area contributed by atoms with Gasteiger partial charge in [-0.05, 0) is 34.1 Å². The van der Waals surface area contributed by atoms with Crippen molar-refractivity contribution in [1.29, 1.82) is 0 Å². The molecule has 0 unspecified atom stereocenters. The highest BCUT2D eigenvalue weighted by atomic mass is 79.9. The van der Waals surface area contributed by atoms with E-state index in [2.05, 4.69) is 36.7 Å². The van der Waals surface area contributed by atoms with Crippen LogP contribution in [0.15, 0.2) is 27.2 Å². The lowest BCUT2D eigenvalue weighted by Crippen LogP contribution is -2.28.